The molecule has 0 saturated carbocycles. The van der Waals surface area contributed by atoms with Crippen LogP contribution in [0.5, 0.6) is 0 Å². The van der Waals surface area contributed by atoms with Gasteiger partial charge in [-0.05, 0) is 30.3 Å². The first-order chi connectivity index (χ1) is 13.8. The number of hydrogen-bond donors (Lipinski definition) is 0. The number of sulfonamides is 1. The molecule has 0 aliphatic carbocycles. The first-order valence-electron chi connectivity index (χ1n) is 8.76. The van der Waals surface area contributed by atoms with Gasteiger partial charge < -0.3 is 4.90 Å². The van der Waals surface area contributed by atoms with Crippen molar-refractivity contribution < 1.29 is 12.8 Å². The summed E-state index contributed by atoms with van der Waals surface area (Å²) in [7, 11) is -3.59. The van der Waals surface area contributed by atoms with Crippen molar-refractivity contribution >= 4 is 49.7 Å². The van der Waals surface area contributed by atoms with Crippen LogP contribution in [0, 0.1) is 5.82 Å². The fourth-order valence-corrected chi connectivity index (χ4v) is 5.82. The molecule has 1 fully saturated rings. The molecule has 2 aromatic carbocycles. The third-order valence-electron chi connectivity index (χ3n) is 4.65. The Morgan fingerprint density at radius 3 is 2.48 bits per heavy atom. The normalized spacial score (nSPS) is 15.6. The highest BCUT2D eigenvalue weighted by atomic mass is 35.5. The van der Waals surface area contributed by atoms with Gasteiger partial charge in [0.1, 0.15) is 5.82 Å². The van der Waals surface area contributed by atoms with Crippen LogP contribution in [-0.4, -0.2) is 43.9 Å². The van der Waals surface area contributed by atoms with E-state index in [1.165, 1.54) is 33.8 Å². The van der Waals surface area contributed by atoms with Gasteiger partial charge in [-0.1, -0.05) is 35.3 Å². The van der Waals surface area contributed by atoms with Gasteiger partial charge in [0, 0.05) is 42.1 Å². The Balaban J connectivity index is 1.46. The summed E-state index contributed by atoms with van der Waals surface area (Å²) < 4.78 is 40.8. The highest BCUT2D eigenvalue weighted by molar-refractivity contribution is 7.89. The summed E-state index contributed by atoms with van der Waals surface area (Å²) >= 11 is 13.1. The van der Waals surface area contributed by atoms with Crippen LogP contribution >= 0.6 is 34.5 Å². The molecule has 0 atom stereocenters. The number of benzene rings is 2. The average molecular weight is 472 g/mol. The summed E-state index contributed by atoms with van der Waals surface area (Å²) in [6.45, 7) is 1.72. The predicted molar refractivity (Wildman–Crippen MR) is 115 cm³/mol. The van der Waals surface area contributed by atoms with Crippen molar-refractivity contribution in [1.82, 2.24) is 9.29 Å². The second-order valence-corrected chi connectivity index (χ2v) is 10.1. The van der Waals surface area contributed by atoms with E-state index in [2.05, 4.69) is 4.98 Å². The molecule has 2 heterocycles. The first kappa shape index (κ1) is 20.6. The van der Waals surface area contributed by atoms with Gasteiger partial charge in [0.2, 0.25) is 10.0 Å². The van der Waals surface area contributed by atoms with Crippen molar-refractivity contribution in [3.8, 4) is 11.3 Å². The fraction of sp³-hybridized carbons (Fsp3) is 0.211. The minimum absolute atomic E-state index is 0.0706. The second kappa shape index (κ2) is 8.20. The molecule has 4 rings (SSSR count). The number of thiazole rings is 1. The summed E-state index contributed by atoms with van der Waals surface area (Å²) in [6.07, 6.45) is 0. The van der Waals surface area contributed by atoms with Crippen molar-refractivity contribution in [3.05, 3.63) is 63.7 Å². The van der Waals surface area contributed by atoms with Crippen LogP contribution in [0.1, 0.15) is 0 Å². The largest absolute Gasteiger partial charge is 0.345 e. The van der Waals surface area contributed by atoms with Gasteiger partial charge in [0.15, 0.2) is 5.13 Å². The van der Waals surface area contributed by atoms with E-state index >= 15 is 0 Å². The van der Waals surface area contributed by atoms with Crippen molar-refractivity contribution in [2.75, 3.05) is 31.1 Å². The standard InChI is InChI=1S/C19H16Cl2FN3O2S2/c20-14-2-1-3-15(11-14)29(26,27)25-8-6-24(7-9-25)19-23-18(12-28-19)13-4-5-16(21)17(22)10-13/h1-5,10-12H,6-9H2. The van der Waals surface area contributed by atoms with E-state index in [1.807, 2.05) is 10.3 Å². The lowest BCUT2D eigenvalue weighted by atomic mass is 10.2. The number of hydrogen-bond acceptors (Lipinski definition) is 5. The van der Waals surface area contributed by atoms with Crippen molar-refractivity contribution in [2.24, 2.45) is 0 Å². The average Bonchev–Trinajstić information content (AvgIpc) is 3.20. The van der Waals surface area contributed by atoms with Gasteiger partial charge in [0.05, 0.1) is 15.6 Å². The molecule has 1 aromatic heterocycles. The van der Waals surface area contributed by atoms with Gasteiger partial charge in [-0.3, -0.25) is 0 Å². The topological polar surface area (TPSA) is 53.5 Å². The van der Waals surface area contributed by atoms with E-state index in [9.17, 15) is 12.8 Å². The van der Waals surface area contributed by atoms with Gasteiger partial charge in [0.25, 0.3) is 0 Å². The quantitative estimate of drug-likeness (QED) is 0.549. The molecule has 0 bridgehead atoms. The Kier molecular flexibility index (Phi) is 5.81. The second-order valence-electron chi connectivity index (χ2n) is 6.49. The molecule has 1 aliphatic heterocycles. The third-order valence-corrected chi connectivity index (χ3v) is 7.99. The monoisotopic (exact) mass is 471 g/mol. The van der Waals surface area contributed by atoms with E-state index in [4.69, 9.17) is 23.2 Å². The molecule has 152 valence electrons. The highest BCUT2D eigenvalue weighted by Crippen LogP contribution is 2.30. The number of anilines is 1. The maximum Gasteiger partial charge on any atom is 0.243 e. The van der Waals surface area contributed by atoms with Gasteiger partial charge in [-0.2, -0.15) is 4.31 Å². The van der Waals surface area contributed by atoms with Crippen LogP contribution < -0.4 is 4.90 Å². The minimum Gasteiger partial charge on any atom is -0.345 e. The fourth-order valence-electron chi connectivity index (χ4n) is 3.09. The zero-order valence-corrected chi connectivity index (χ0v) is 18.2. The maximum absolute atomic E-state index is 13.7. The predicted octanol–water partition coefficient (Wildman–Crippen LogP) is 4.77. The number of nitrogens with zero attached hydrogens (tertiary/aromatic N) is 3. The molecule has 29 heavy (non-hydrogen) atoms. The molecule has 3 aromatic rings. The molecule has 0 spiro atoms. The van der Waals surface area contributed by atoms with Crippen LogP contribution in [0.2, 0.25) is 10.0 Å². The summed E-state index contributed by atoms with van der Waals surface area (Å²) in [5, 5.41) is 3.09. The summed E-state index contributed by atoms with van der Waals surface area (Å²) in [6, 6.07) is 10.9. The lowest BCUT2D eigenvalue weighted by molar-refractivity contribution is 0.385. The number of aromatic nitrogens is 1. The summed E-state index contributed by atoms with van der Waals surface area (Å²) in [5.74, 6) is -0.487. The minimum atomic E-state index is -3.59. The van der Waals surface area contributed by atoms with E-state index < -0.39 is 15.8 Å². The van der Waals surface area contributed by atoms with E-state index in [0.717, 1.165) is 5.13 Å². The smallest absolute Gasteiger partial charge is 0.243 e. The Bertz CT molecular complexity index is 1150. The number of rotatable bonds is 4. The molecule has 0 amide bonds. The lowest BCUT2D eigenvalue weighted by Crippen LogP contribution is -2.48. The van der Waals surface area contributed by atoms with E-state index in [1.54, 1.807) is 24.3 Å². The molecule has 0 radical (unpaired) electrons. The van der Waals surface area contributed by atoms with Gasteiger partial charge >= 0.3 is 0 Å². The van der Waals surface area contributed by atoms with Crippen molar-refractivity contribution in [1.29, 1.82) is 0 Å². The Morgan fingerprint density at radius 1 is 1.03 bits per heavy atom. The van der Waals surface area contributed by atoms with Crippen LogP contribution in [-0.2, 0) is 10.0 Å². The third kappa shape index (κ3) is 4.27. The molecular formula is C19H16Cl2FN3O2S2. The van der Waals surface area contributed by atoms with Gasteiger partial charge in [-0.25, -0.2) is 17.8 Å². The molecular weight excluding hydrogens is 456 g/mol. The molecule has 0 unspecified atom stereocenters. The van der Waals surface area contributed by atoms with Crippen LogP contribution in [0.4, 0.5) is 9.52 Å². The number of piperazine rings is 1. The van der Waals surface area contributed by atoms with Crippen LogP contribution in [0.15, 0.2) is 52.7 Å². The van der Waals surface area contributed by atoms with Crippen LogP contribution in [0.3, 0.4) is 0 Å². The van der Waals surface area contributed by atoms with Gasteiger partial charge in [-0.15, -0.1) is 11.3 Å². The maximum atomic E-state index is 13.7. The lowest BCUT2D eigenvalue weighted by Gasteiger charge is -2.33. The Morgan fingerprint density at radius 2 is 1.79 bits per heavy atom. The summed E-state index contributed by atoms with van der Waals surface area (Å²) in [5.41, 5.74) is 1.31. The Hall–Kier alpha value is -1.71. The zero-order chi connectivity index (χ0) is 20.6. The molecule has 0 N–H and O–H groups in total. The van der Waals surface area contributed by atoms with E-state index in [0.29, 0.717) is 42.5 Å². The summed E-state index contributed by atoms with van der Waals surface area (Å²) in [4.78, 5) is 6.81. The van der Waals surface area contributed by atoms with Crippen molar-refractivity contribution in [2.45, 2.75) is 4.90 Å². The Labute approximate surface area is 182 Å². The van der Waals surface area contributed by atoms with E-state index in [-0.39, 0.29) is 9.92 Å². The van der Waals surface area contributed by atoms with Crippen LogP contribution in [0.25, 0.3) is 11.3 Å². The molecule has 10 heteroatoms. The zero-order valence-electron chi connectivity index (χ0n) is 15.1. The molecule has 1 aliphatic rings. The number of halogens is 3. The molecule has 1 saturated heterocycles. The SMILES string of the molecule is O=S(=O)(c1cccc(Cl)c1)N1CCN(c2nc(-c3ccc(Cl)c(F)c3)cs2)CC1. The molecule has 5 nitrogen and oxygen atoms in total. The first-order valence-corrected chi connectivity index (χ1v) is 11.8. The highest BCUT2D eigenvalue weighted by Gasteiger charge is 2.29. The van der Waals surface area contributed by atoms with Crippen molar-refractivity contribution in [3.63, 3.8) is 0 Å².